The molecule has 4 aliphatic rings. The number of rotatable bonds is 13. The molecule has 0 aromatic rings. The fourth-order valence-corrected chi connectivity index (χ4v) is 8.08. The topological polar surface area (TPSA) is 203 Å². The molecule has 3 fully saturated rings. The third-order valence-electron chi connectivity index (χ3n) is 11.2. The fourth-order valence-electron chi connectivity index (χ4n) is 8.08. The number of hydrogen-bond donors (Lipinski definition) is 3. The van der Waals surface area contributed by atoms with Crippen molar-refractivity contribution in [2.24, 2.45) is 5.41 Å². The second-order valence-corrected chi connectivity index (χ2v) is 16.5. The van der Waals surface area contributed by atoms with E-state index in [1.54, 1.807) is 26.0 Å². The molecule has 6 bridgehead atoms. The lowest BCUT2D eigenvalue weighted by Crippen LogP contribution is -2.62. The number of hydrogen-bond acceptors (Lipinski definition) is 15. The Labute approximate surface area is 342 Å². The highest BCUT2D eigenvalue weighted by atomic mass is 16.7. The Kier molecular flexibility index (Phi) is 18.8. The highest BCUT2D eigenvalue weighted by molar-refractivity contribution is 5.83. The van der Waals surface area contributed by atoms with E-state index < -0.39 is 84.6 Å². The maximum atomic E-state index is 13.4. The van der Waals surface area contributed by atoms with Gasteiger partial charge in [0.05, 0.1) is 63.2 Å². The Bertz CT molecular complexity index is 1430. The van der Waals surface area contributed by atoms with Gasteiger partial charge in [0, 0.05) is 43.6 Å². The van der Waals surface area contributed by atoms with E-state index >= 15 is 0 Å². The van der Waals surface area contributed by atoms with Crippen LogP contribution in [0.3, 0.4) is 0 Å². The molecule has 3 N–H and O–H groups in total. The molecule has 4 aliphatic heterocycles. The Hall–Kier alpha value is -3.18. The summed E-state index contributed by atoms with van der Waals surface area (Å²) in [5, 5.41) is 34.0. The molecule has 15 heteroatoms. The van der Waals surface area contributed by atoms with Crippen LogP contribution in [-0.4, -0.2) is 120 Å². The van der Waals surface area contributed by atoms with Gasteiger partial charge in [-0.1, -0.05) is 65.2 Å². The number of ether oxygens (including phenoxy) is 8. The van der Waals surface area contributed by atoms with Crippen LogP contribution in [0.25, 0.3) is 0 Å². The minimum atomic E-state index is -2.35. The van der Waals surface area contributed by atoms with E-state index in [1.807, 2.05) is 0 Å². The lowest BCUT2D eigenvalue weighted by atomic mass is 9.74. The van der Waals surface area contributed by atoms with Crippen molar-refractivity contribution in [1.29, 1.82) is 0 Å². The van der Waals surface area contributed by atoms with Gasteiger partial charge in [0.1, 0.15) is 12.7 Å². The maximum absolute atomic E-state index is 13.4. The van der Waals surface area contributed by atoms with E-state index in [0.29, 0.717) is 25.7 Å². The lowest BCUT2D eigenvalue weighted by Gasteiger charge is -2.51. The first kappa shape index (κ1) is 47.5. The molecule has 0 aromatic carbocycles. The summed E-state index contributed by atoms with van der Waals surface area (Å²) >= 11 is 0. The van der Waals surface area contributed by atoms with Crippen molar-refractivity contribution in [3.8, 4) is 0 Å². The summed E-state index contributed by atoms with van der Waals surface area (Å²) in [4.78, 5) is 52.0. The number of esters is 4. The maximum Gasteiger partial charge on any atom is 0.330 e. The van der Waals surface area contributed by atoms with E-state index in [1.165, 1.54) is 13.2 Å². The molecule has 0 amide bonds. The Morgan fingerprint density at radius 1 is 0.931 bits per heavy atom. The summed E-state index contributed by atoms with van der Waals surface area (Å²) in [6.45, 7) is 8.47. The number of carbonyl (C=O) groups excluding carboxylic acids is 4. The smallest absolute Gasteiger partial charge is 0.330 e. The van der Waals surface area contributed by atoms with Gasteiger partial charge in [0.25, 0.3) is 0 Å². The molecule has 10 atom stereocenters. The predicted molar refractivity (Wildman–Crippen MR) is 209 cm³/mol. The van der Waals surface area contributed by atoms with Crippen molar-refractivity contribution in [2.75, 3.05) is 20.3 Å². The number of carbonyl (C=O) groups is 4. The van der Waals surface area contributed by atoms with Gasteiger partial charge in [0.15, 0.2) is 12.4 Å². The molecule has 0 radical (unpaired) electrons. The summed E-state index contributed by atoms with van der Waals surface area (Å²) in [5.41, 5.74) is -1.22. The number of unbranched alkanes of at least 4 members (excludes halogenated alkanes) is 4. The first-order valence-electron chi connectivity index (χ1n) is 21.0. The summed E-state index contributed by atoms with van der Waals surface area (Å²) in [5.74, 6) is -4.90. The van der Waals surface area contributed by atoms with Crippen LogP contribution in [0.2, 0.25) is 0 Å². The van der Waals surface area contributed by atoms with Crippen LogP contribution in [0, 0.1) is 5.41 Å². The van der Waals surface area contributed by atoms with Crippen LogP contribution < -0.4 is 0 Å². The molecule has 4 heterocycles. The van der Waals surface area contributed by atoms with Gasteiger partial charge in [-0.2, -0.15) is 0 Å². The summed E-state index contributed by atoms with van der Waals surface area (Å²) < 4.78 is 47.3. The molecule has 4 rings (SSSR count). The van der Waals surface area contributed by atoms with E-state index in [4.69, 9.17) is 37.9 Å². The van der Waals surface area contributed by atoms with Crippen molar-refractivity contribution in [3.63, 3.8) is 0 Å². The molecule has 4 unspecified atom stereocenters. The number of cyclic esters (lactones) is 1. The quantitative estimate of drug-likeness (QED) is 0.0750. The molecule has 0 spiro atoms. The van der Waals surface area contributed by atoms with Crippen molar-refractivity contribution >= 4 is 23.9 Å². The molecule has 0 aliphatic carbocycles. The molecule has 58 heavy (non-hydrogen) atoms. The minimum Gasteiger partial charge on any atom is -0.466 e. The van der Waals surface area contributed by atoms with Crippen LogP contribution >= 0.6 is 0 Å². The Morgan fingerprint density at radius 2 is 1.66 bits per heavy atom. The highest BCUT2D eigenvalue weighted by Gasteiger charge is 2.57. The number of aliphatic hydroxyl groups is 3. The van der Waals surface area contributed by atoms with Gasteiger partial charge in [-0.3, -0.25) is 14.4 Å². The molecule has 328 valence electrons. The molecular formula is C43H66O15. The van der Waals surface area contributed by atoms with Crippen LogP contribution in [0.5, 0.6) is 0 Å². The summed E-state index contributed by atoms with van der Waals surface area (Å²) in [6, 6.07) is 0. The first-order chi connectivity index (χ1) is 27.7. The number of fused-ring (bicyclic) bond motifs is 6. The van der Waals surface area contributed by atoms with Crippen molar-refractivity contribution < 1.29 is 72.4 Å². The third-order valence-corrected chi connectivity index (χ3v) is 11.2. The van der Waals surface area contributed by atoms with E-state index in [9.17, 15) is 34.5 Å². The van der Waals surface area contributed by atoms with Crippen molar-refractivity contribution in [2.45, 2.75) is 184 Å². The van der Waals surface area contributed by atoms with Gasteiger partial charge < -0.3 is 53.2 Å². The zero-order valence-electron chi connectivity index (χ0n) is 34.7. The Balaban J connectivity index is 1.74. The van der Waals surface area contributed by atoms with Crippen molar-refractivity contribution in [3.05, 3.63) is 36.5 Å². The molecule has 0 aromatic heterocycles. The molecular weight excluding hydrogens is 756 g/mol. The van der Waals surface area contributed by atoms with E-state index in [2.05, 4.69) is 13.5 Å². The van der Waals surface area contributed by atoms with Gasteiger partial charge in [-0.05, 0) is 43.8 Å². The van der Waals surface area contributed by atoms with Crippen LogP contribution in [0.4, 0.5) is 0 Å². The molecule has 15 nitrogen and oxygen atoms in total. The molecule has 0 saturated carbocycles. The zero-order valence-corrected chi connectivity index (χ0v) is 34.7. The van der Waals surface area contributed by atoms with E-state index in [-0.39, 0.29) is 62.9 Å². The third kappa shape index (κ3) is 14.2. The van der Waals surface area contributed by atoms with Gasteiger partial charge in [-0.25, -0.2) is 4.79 Å². The first-order valence-corrected chi connectivity index (χ1v) is 21.0. The SMILES string of the molecule is C=CCOC(=O)C[C@H]1CC2CC3CCC[C@@H](C[C@@H](O)CC(=O)OC(CO)C[C@@H]4C/C(=C\C(=O)OC)[C@H](OC(=O)CCCCCCC)[C@@](O)(O4)C(C)(C)/C=C/C(O2)O1)O3. The summed E-state index contributed by atoms with van der Waals surface area (Å²) in [7, 11) is 1.20. The standard InChI is InChI=1S/C43H66O15/c1-6-8-9-10-11-15-36(46)57-41-28(20-37(47)51-5)19-34-25-35(27-44)54-39(49)22-29(45)21-30-13-12-14-31(53-30)23-32-24-33(26-38(48)52-18-7-2)56-40(55-32)16-17-42(3,4)43(41,50)58-34/h7,16-17,20,29-35,40-41,44-45,50H,2,6,8-15,18-19,21-27H2,1,3-5H3/b17-16+,28-20+/t29-,30+,31?,32?,33-,34+,35?,40?,41+,43-/m1/s1. The van der Waals surface area contributed by atoms with Crippen LogP contribution in [0.1, 0.15) is 124 Å². The minimum absolute atomic E-state index is 0.0449. The second kappa shape index (κ2) is 23.0. The average molecular weight is 823 g/mol. The normalized spacial score (nSPS) is 34.5. The van der Waals surface area contributed by atoms with Crippen LogP contribution in [0.15, 0.2) is 36.5 Å². The van der Waals surface area contributed by atoms with Gasteiger partial charge in [0.2, 0.25) is 5.79 Å². The Morgan fingerprint density at radius 3 is 2.36 bits per heavy atom. The van der Waals surface area contributed by atoms with E-state index in [0.717, 1.165) is 44.6 Å². The molecule has 3 saturated heterocycles. The number of methoxy groups -OCH3 is 1. The average Bonchev–Trinajstić information content (AvgIpc) is 3.16. The predicted octanol–water partition coefficient (Wildman–Crippen LogP) is 4.81. The fraction of sp³-hybridized carbons (Fsp3) is 0.767. The highest BCUT2D eigenvalue weighted by Crippen LogP contribution is 2.47. The summed E-state index contributed by atoms with van der Waals surface area (Å²) in [6.07, 6.45) is 5.95. The lowest BCUT2D eigenvalue weighted by molar-refractivity contribution is -0.327. The van der Waals surface area contributed by atoms with Crippen LogP contribution in [-0.2, 0) is 57.1 Å². The van der Waals surface area contributed by atoms with Gasteiger partial charge in [-0.15, -0.1) is 0 Å². The van der Waals surface area contributed by atoms with Crippen molar-refractivity contribution in [1.82, 2.24) is 0 Å². The monoisotopic (exact) mass is 822 g/mol. The number of aliphatic hydroxyl groups excluding tert-OH is 2. The van der Waals surface area contributed by atoms with Gasteiger partial charge >= 0.3 is 23.9 Å². The largest absolute Gasteiger partial charge is 0.466 e. The zero-order chi connectivity index (χ0) is 42.3. The second-order valence-electron chi connectivity index (χ2n) is 16.5.